The van der Waals surface area contributed by atoms with Gasteiger partial charge in [-0.05, 0) is 50.1 Å². The maximum atomic E-state index is 4.47. The molecule has 0 radical (unpaired) electrons. The Bertz CT molecular complexity index is 544. The number of nitrogens with zero attached hydrogens (tertiary/aromatic N) is 1. The highest BCUT2D eigenvalue weighted by Gasteiger charge is 2.13. The van der Waals surface area contributed by atoms with E-state index in [9.17, 15) is 0 Å². The van der Waals surface area contributed by atoms with Crippen LogP contribution < -0.4 is 10.6 Å². The van der Waals surface area contributed by atoms with Gasteiger partial charge in [0.1, 0.15) is 0 Å². The lowest BCUT2D eigenvalue weighted by Crippen LogP contribution is -2.29. The van der Waals surface area contributed by atoms with Crippen molar-refractivity contribution in [3.63, 3.8) is 0 Å². The van der Waals surface area contributed by atoms with Crippen LogP contribution in [0.1, 0.15) is 18.4 Å². The van der Waals surface area contributed by atoms with E-state index in [0.717, 1.165) is 18.6 Å². The van der Waals surface area contributed by atoms with E-state index in [0.29, 0.717) is 6.04 Å². The van der Waals surface area contributed by atoms with Gasteiger partial charge < -0.3 is 10.6 Å². The molecule has 1 aliphatic heterocycles. The molecule has 2 heterocycles. The summed E-state index contributed by atoms with van der Waals surface area (Å²) in [5.74, 6) is 0. The van der Waals surface area contributed by atoms with Crippen molar-refractivity contribution in [1.29, 1.82) is 0 Å². The molecule has 1 aromatic heterocycles. The topological polar surface area (TPSA) is 37.0 Å². The fourth-order valence-corrected chi connectivity index (χ4v) is 2.63. The van der Waals surface area contributed by atoms with E-state index in [1.54, 1.807) is 0 Å². The molecule has 2 N–H and O–H groups in total. The summed E-state index contributed by atoms with van der Waals surface area (Å²) in [7, 11) is 0. The number of hydrogen-bond acceptors (Lipinski definition) is 3. The highest BCUT2D eigenvalue weighted by molar-refractivity contribution is 5.93. The number of rotatable bonds is 3. The van der Waals surface area contributed by atoms with Crippen LogP contribution in [0.15, 0.2) is 30.5 Å². The molecule has 2 aromatic rings. The van der Waals surface area contributed by atoms with Gasteiger partial charge in [-0.25, -0.2) is 0 Å². The Morgan fingerprint density at radius 1 is 1.39 bits per heavy atom. The normalized spacial score (nSPS) is 19.3. The SMILES string of the molecule is Cc1ccc(NCC2CCCN2)c2cccnc12. The molecule has 18 heavy (non-hydrogen) atoms. The molecular weight excluding hydrogens is 222 g/mol. The van der Waals surface area contributed by atoms with Gasteiger partial charge in [-0.1, -0.05) is 6.07 Å². The Hall–Kier alpha value is -1.61. The Labute approximate surface area is 108 Å². The van der Waals surface area contributed by atoms with Crippen LogP contribution in [-0.4, -0.2) is 24.1 Å². The van der Waals surface area contributed by atoms with Crippen molar-refractivity contribution < 1.29 is 0 Å². The van der Waals surface area contributed by atoms with Crippen molar-refractivity contribution in [2.24, 2.45) is 0 Å². The molecule has 1 aromatic carbocycles. The second-order valence-corrected chi connectivity index (χ2v) is 5.00. The van der Waals surface area contributed by atoms with Gasteiger partial charge in [-0.15, -0.1) is 0 Å². The van der Waals surface area contributed by atoms with Gasteiger partial charge >= 0.3 is 0 Å². The molecule has 94 valence electrons. The Morgan fingerprint density at radius 2 is 2.33 bits per heavy atom. The second kappa shape index (κ2) is 4.94. The molecule has 3 heteroatoms. The molecule has 0 amide bonds. The number of benzene rings is 1. The van der Waals surface area contributed by atoms with Gasteiger partial charge in [0.25, 0.3) is 0 Å². The average Bonchev–Trinajstić information content (AvgIpc) is 2.92. The zero-order chi connectivity index (χ0) is 12.4. The van der Waals surface area contributed by atoms with Gasteiger partial charge in [0.2, 0.25) is 0 Å². The first-order valence-corrected chi connectivity index (χ1v) is 6.66. The highest BCUT2D eigenvalue weighted by Crippen LogP contribution is 2.24. The minimum Gasteiger partial charge on any atom is -0.383 e. The predicted octanol–water partition coefficient (Wildman–Crippen LogP) is 2.71. The molecule has 1 aliphatic rings. The fraction of sp³-hybridized carbons (Fsp3) is 0.400. The molecular formula is C15H19N3. The van der Waals surface area contributed by atoms with E-state index in [2.05, 4.69) is 40.7 Å². The molecule has 1 unspecified atom stereocenters. The van der Waals surface area contributed by atoms with Gasteiger partial charge in [0.05, 0.1) is 5.52 Å². The predicted molar refractivity (Wildman–Crippen MR) is 76.0 cm³/mol. The standard InChI is InChI=1S/C15H19N3/c1-11-6-7-14(13-5-3-9-17-15(11)13)18-10-12-4-2-8-16-12/h3,5-7,9,12,16,18H,2,4,8,10H2,1H3. The number of aryl methyl sites for hydroxylation is 1. The number of nitrogens with one attached hydrogen (secondary N) is 2. The van der Waals surface area contributed by atoms with E-state index in [1.165, 1.54) is 29.5 Å². The summed E-state index contributed by atoms with van der Waals surface area (Å²) >= 11 is 0. The first-order valence-electron chi connectivity index (χ1n) is 6.66. The maximum absolute atomic E-state index is 4.47. The summed E-state index contributed by atoms with van der Waals surface area (Å²) in [6, 6.07) is 9.05. The zero-order valence-electron chi connectivity index (χ0n) is 10.7. The van der Waals surface area contributed by atoms with Crippen molar-refractivity contribution in [3.05, 3.63) is 36.0 Å². The summed E-state index contributed by atoms with van der Waals surface area (Å²) in [6.45, 7) is 4.26. The summed E-state index contributed by atoms with van der Waals surface area (Å²) in [6.07, 6.45) is 4.43. The lowest BCUT2D eigenvalue weighted by atomic mass is 10.1. The van der Waals surface area contributed by atoms with Crippen LogP contribution in [-0.2, 0) is 0 Å². The van der Waals surface area contributed by atoms with E-state index in [4.69, 9.17) is 0 Å². The third kappa shape index (κ3) is 2.18. The number of aromatic nitrogens is 1. The first-order chi connectivity index (χ1) is 8.84. The largest absolute Gasteiger partial charge is 0.383 e. The summed E-state index contributed by atoms with van der Waals surface area (Å²) in [4.78, 5) is 4.47. The van der Waals surface area contributed by atoms with E-state index in [1.807, 2.05) is 12.3 Å². The van der Waals surface area contributed by atoms with Gasteiger partial charge in [-0.3, -0.25) is 4.98 Å². The molecule has 1 fully saturated rings. The monoisotopic (exact) mass is 241 g/mol. The molecule has 0 spiro atoms. The van der Waals surface area contributed by atoms with E-state index in [-0.39, 0.29) is 0 Å². The van der Waals surface area contributed by atoms with Crippen LogP contribution >= 0.6 is 0 Å². The summed E-state index contributed by atoms with van der Waals surface area (Å²) < 4.78 is 0. The maximum Gasteiger partial charge on any atom is 0.0751 e. The number of fused-ring (bicyclic) bond motifs is 1. The minimum absolute atomic E-state index is 0.609. The Morgan fingerprint density at radius 3 is 3.17 bits per heavy atom. The van der Waals surface area contributed by atoms with Gasteiger partial charge in [0, 0.05) is 29.9 Å². The highest BCUT2D eigenvalue weighted by atomic mass is 15.0. The fourth-order valence-electron chi connectivity index (χ4n) is 2.63. The smallest absolute Gasteiger partial charge is 0.0751 e. The zero-order valence-corrected chi connectivity index (χ0v) is 10.7. The summed E-state index contributed by atoms with van der Waals surface area (Å²) in [5, 5.41) is 8.28. The van der Waals surface area contributed by atoms with Crippen molar-refractivity contribution in [1.82, 2.24) is 10.3 Å². The van der Waals surface area contributed by atoms with E-state index >= 15 is 0 Å². The van der Waals surface area contributed by atoms with Crippen LogP contribution in [0, 0.1) is 6.92 Å². The molecule has 0 saturated carbocycles. The van der Waals surface area contributed by atoms with Crippen molar-refractivity contribution >= 4 is 16.6 Å². The quantitative estimate of drug-likeness (QED) is 0.867. The second-order valence-electron chi connectivity index (χ2n) is 5.00. The third-order valence-electron chi connectivity index (χ3n) is 3.67. The molecule has 3 nitrogen and oxygen atoms in total. The number of hydrogen-bond donors (Lipinski definition) is 2. The molecule has 1 saturated heterocycles. The lowest BCUT2D eigenvalue weighted by Gasteiger charge is -2.14. The number of anilines is 1. The van der Waals surface area contributed by atoms with Crippen molar-refractivity contribution in [3.8, 4) is 0 Å². The van der Waals surface area contributed by atoms with Crippen molar-refractivity contribution in [2.75, 3.05) is 18.4 Å². The first kappa shape index (κ1) is 11.5. The Balaban J connectivity index is 1.85. The average molecular weight is 241 g/mol. The molecule has 1 atom stereocenters. The minimum atomic E-state index is 0.609. The van der Waals surface area contributed by atoms with Crippen LogP contribution in [0.5, 0.6) is 0 Å². The van der Waals surface area contributed by atoms with Gasteiger partial charge in [0.15, 0.2) is 0 Å². The lowest BCUT2D eigenvalue weighted by molar-refractivity contribution is 0.634. The Kier molecular flexibility index (Phi) is 3.15. The van der Waals surface area contributed by atoms with Crippen LogP contribution in [0.3, 0.4) is 0 Å². The van der Waals surface area contributed by atoms with Gasteiger partial charge in [-0.2, -0.15) is 0 Å². The molecule has 0 bridgehead atoms. The van der Waals surface area contributed by atoms with Crippen LogP contribution in [0.25, 0.3) is 10.9 Å². The summed E-state index contributed by atoms with van der Waals surface area (Å²) in [5.41, 5.74) is 3.52. The molecule has 0 aliphatic carbocycles. The molecule has 3 rings (SSSR count). The third-order valence-corrected chi connectivity index (χ3v) is 3.67. The van der Waals surface area contributed by atoms with Crippen LogP contribution in [0.4, 0.5) is 5.69 Å². The van der Waals surface area contributed by atoms with Crippen LogP contribution in [0.2, 0.25) is 0 Å². The van der Waals surface area contributed by atoms with Crippen molar-refractivity contribution in [2.45, 2.75) is 25.8 Å². The number of pyridine rings is 1. The van der Waals surface area contributed by atoms with E-state index < -0.39 is 0 Å².